The van der Waals surface area contributed by atoms with Crippen molar-refractivity contribution >= 4 is 23.3 Å². The molecule has 0 radical (unpaired) electrons. The first-order valence-corrected chi connectivity index (χ1v) is 4.05. The van der Waals surface area contributed by atoms with E-state index >= 15 is 0 Å². The molecule has 0 saturated carbocycles. The summed E-state index contributed by atoms with van der Waals surface area (Å²) in [5, 5.41) is 20.2. The molecule has 6 heteroatoms. The highest BCUT2D eigenvalue weighted by molar-refractivity contribution is 6.04. The van der Waals surface area contributed by atoms with Gasteiger partial charge in [-0.05, 0) is 12.1 Å². The third-order valence-corrected chi connectivity index (χ3v) is 1.92. The van der Waals surface area contributed by atoms with Gasteiger partial charge in [0, 0.05) is 7.05 Å². The number of carboxylic acid groups (broad SMARTS) is 2. The molecule has 0 aliphatic heterocycles. The minimum atomic E-state index is -1.32. The minimum absolute atomic E-state index is 0.194. The molecule has 1 rings (SSSR count). The molecule has 0 saturated heterocycles. The average molecular weight is 210 g/mol. The van der Waals surface area contributed by atoms with Crippen LogP contribution in [0.2, 0.25) is 0 Å². The predicted octanol–water partition coefficient (Wildman–Crippen LogP) is 0.707. The molecule has 0 unspecified atom stereocenters. The van der Waals surface area contributed by atoms with E-state index < -0.39 is 11.9 Å². The van der Waals surface area contributed by atoms with Crippen molar-refractivity contribution in [2.45, 2.75) is 0 Å². The number of hydrogen-bond acceptors (Lipinski definition) is 4. The van der Waals surface area contributed by atoms with E-state index in [2.05, 4.69) is 5.32 Å². The number of nitrogens with one attached hydrogen (secondary N) is 1. The number of aromatic carboxylic acids is 2. The van der Waals surface area contributed by atoms with Gasteiger partial charge in [-0.15, -0.1) is 0 Å². The Balaban J connectivity index is 3.45. The summed E-state index contributed by atoms with van der Waals surface area (Å²) in [6.07, 6.45) is 0. The van der Waals surface area contributed by atoms with E-state index in [0.29, 0.717) is 5.69 Å². The van der Waals surface area contributed by atoms with E-state index in [9.17, 15) is 9.59 Å². The van der Waals surface area contributed by atoms with Crippen LogP contribution in [0.1, 0.15) is 20.7 Å². The summed E-state index contributed by atoms with van der Waals surface area (Å²) in [7, 11) is 1.57. The Bertz CT molecular complexity index is 428. The summed E-state index contributed by atoms with van der Waals surface area (Å²) in [4.78, 5) is 21.5. The zero-order valence-electron chi connectivity index (χ0n) is 7.94. The van der Waals surface area contributed by atoms with E-state index in [1.807, 2.05) is 0 Å². The predicted molar refractivity (Wildman–Crippen MR) is 54.3 cm³/mol. The van der Waals surface area contributed by atoms with Crippen LogP contribution in [-0.4, -0.2) is 29.2 Å². The fraction of sp³-hybridized carbons (Fsp3) is 0.111. The Morgan fingerprint density at radius 2 is 1.67 bits per heavy atom. The zero-order chi connectivity index (χ0) is 11.6. The van der Waals surface area contributed by atoms with Gasteiger partial charge in [-0.3, -0.25) is 0 Å². The first kappa shape index (κ1) is 10.8. The number of benzene rings is 1. The van der Waals surface area contributed by atoms with Crippen LogP contribution in [0.5, 0.6) is 0 Å². The van der Waals surface area contributed by atoms with E-state index in [1.165, 1.54) is 6.07 Å². The molecule has 0 spiro atoms. The largest absolute Gasteiger partial charge is 0.478 e. The lowest BCUT2D eigenvalue weighted by molar-refractivity contribution is 0.0651. The summed E-state index contributed by atoms with van der Waals surface area (Å²) in [5.74, 6) is -2.62. The lowest BCUT2D eigenvalue weighted by atomic mass is 10.1. The van der Waals surface area contributed by atoms with E-state index in [1.54, 1.807) is 7.05 Å². The molecule has 0 aliphatic rings. The molecule has 1 aromatic rings. The summed E-state index contributed by atoms with van der Waals surface area (Å²) < 4.78 is 0. The number of hydrogen-bond donors (Lipinski definition) is 4. The molecule has 0 aliphatic carbocycles. The van der Waals surface area contributed by atoms with Crippen molar-refractivity contribution in [1.29, 1.82) is 0 Å². The van der Waals surface area contributed by atoms with Crippen molar-refractivity contribution in [2.75, 3.05) is 18.1 Å². The number of nitrogen functional groups attached to an aromatic ring is 1. The molecule has 0 amide bonds. The smallest absolute Gasteiger partial charge is 0.336 e. The van der Waals surface area contributed by atoms with Crippen LogP contribution in [0.25, 0.3) is 0 Å². The van der Waals surface area contributed by atoms with E-state index in [0.717, 1.165) is 6.07 Å². The molecule has 0 bridgehead atoms. The number of carboxylic acids is 2. The second-order valence-corrected chi connectivity index (χ2v) is 2.85. The van der Waals surface area contributed by atoms with Gasteiger partial charge >= 0.3 is 11.9 Å². The minimum Gasteiger partial charge on any atom is -0.478 e. The lowest BCUT2D eigenvalue weighted by Crippen LogP contribution is -2.10. The normalized spacial score (nSPS) is 9.67. The van der Waals surface area contributed by atoms with Crippen LogP contribution >= 0.6 is 0 Å². The fourth-order valence-electron chi connectivity index (χ4n) is 1.19. The number of carbonyl (C=O) groups is 2. The van der Waals surface area contributed by atoms with Gasteiger partial charge in [-0.25, -0.2) is 9.59 Å². The Labute approximate surface area is 85.3 Å². The molecule has 6 nitrogen and oxygen atoms in total. The summed E-state index contributed by atoms with van der Waals surface area (Å²) in [6, 6.07) is 2.32. The molecule has 0 fully saturated rings. The van der Waals surface area contributed by atoms with Crippen molar-refractivity contribution in [2.24, 2.45) is 0 Å². The van der Waals surface area contributed by atoms with Crippen molar-refractivity contribution in [3.05, 3.63) is 23.3 Å². The maximum atomic E-state index is 10.8. The maximum absolute atomic E-state index is 10.8. The fourth-order valence-corrected chi connectivity index (χ4v) is 1.19. The monoisotopic (exact) mass is 210 g/mol. The Morgan fingerprint density at radius 3 is 2.07 bits per heavy atom. The highest BCUT2D eigenvalue weighted by Gasteiger charge is 2.18. The first-order chi connectivity index (χ1) is 6.97. The highest BCUT2D eigenvalue weighted by Crippen LogP contribution is 2.23. The molecule has 80 valence electrons. The lowest BCUT2D eigenvalue weighted by Gasteiger charge is -2.08. The molecule has 0 atom stereocenters. The highest BCUT2D eigenvalue weighted by atomic mass is 16.4. The van der Waals surface area contributed by atoms with Gasteiger partial charge in [-0.2, -0.15) is 0 Å². The number of nitrogens with two attached hydrogens (primary N) is 1. The van der Waals surface area contributed by atoms with Gasteiger partial charge in [-0.1, -0.05) is 0 Å². The Morgan fingerprint density at radius 1 is 1.20 bits per heavy atom. The zero-order valence-corrected chi connectivity index (χ0v) is 7.94. The van der Waals surface area contributed by atoms with E-state index in [4.69, 9.17) is 15.9 Å². The van der Waals surface area contributed by atoms with Crippen molar-refractivity contribution < 1.29 is 19.8 Å². The second-order valence-electron chi connectivity index (χ2n) is 2.85. The van der Waals surface area contributed by atoms with Crippen molar-refractivity contribution in [1.82, 2.24) is 0 Å². The van der Waals surface area contributed by atoms with Crippen LogP contribution in [-0.2, 0) is 0 Å². The van der Waals surface area contributed by atoms with E-state index in [-0.39, 0.29) is 16.8 Å². The molecule has 0 heterocycles. The van der Waals surface area contributed by atoms with Crippen molar-refractivity contribution in [3.8, 4) is 0 Å². The molecule has 1 aromatic carbocycles. The van der Waals surface area contributed by atoms with Crippen LogP contribution < -0.4 is 11.1 Å². The average Bonchev–Trinajstić information content (AvgIpc) is 2.16. The Hall–Kier alpha value is -2.24. The first-order valence-electron chi connectivity index (χ1n) is 4.05. The third-order valence-electron chi connectivity index (χ3n) is 1.92. The summed E-state index contributed by atoms with van der Waals surface area (Å²) in [6.45, 7) is 0. The summed E-state index contributed by atoms with van der Waals surface area (Å²) >= 11 is 0. The van der Waals surface area contributed by atoms with Gasteiger partial charge in [0.2, 0.25) is 0 Å². The van der Waals surface area contributed by atoms with Crippen LogP contribution in [0.4, 0.5) is 11.4 Å². The topological polar surface area (TPSA) is 113 Å². The van der Waals surface area contributed by atoms with Gasteiger partial charge in [0.1, 0.15) is 0 Å². The van der Waals surface area contributed by atoms with Crippen LogP contribution in [0.3, 0.4) is 0 Å². The standard InChI is InChI=1S/C9H10N2O4/c1-11-7-3-5(9(14)15)4(8(12)13)2-6(7)10/h2-3,11H,10H2,1H3,(H,12,13)(H,14,15). The SMILES string of the molecule is CNc1cc(C(=O)O)c(C(=O)O)cc1N. The second kappa shape index (κ2) is 3.87. The molecule has 0 aromatic heterocycles. The van der Waals surface area contributed by atoms with Crippen molar-refractivity contribution in [3.63, 3.8) is 0 Å². The van der Waals surface area contributed by atoms with Gasteiger partial charge in [0.25, 0.3) is 0 Å². The molecular formula is C9H10N2O4. The number of rotatable bonds is 3. The van der Waals surface area contributed by atoms with Gasteiger partial charge in [0.15, 0.2) is 0 Å². The molecule has 5 N–H and O–H groups in total. The molecule has 15 heavy (non-hydrogen) atoms. The van der Waals surface area contributed by atoms with Gasteiger partial charge < -0.3 is 21.3 Å². The Kier molecular flexibility index (Phi) is 2.80. The third kappa shape index (κ3) is 1.98. The van der Waals surface area contributed by atoms with Crippen LogP contribution in [0, 0.1) is 0 Å². The van der Waals surface area contributed by atoms with Gasteiger partial charge in [0.05, 0.1) is 22.5 Å². The maximum Gasteiger partial charge on any atom is 0.336 e. The molecular weight excluding hydrogens is 200 g/mol. The quantitative estimate of drug-likeness (QED) is 0.546. The number of anilines is 2. The van der Waals surface area contributed by atoms with Crippen LogP contribution in [0.15, 0.2) is 12.1 Å². The summed E-state index contributed by atoms with van der Waals surface area (Å²) in [5.41, 5.74) is 5.49.